The van der Waals surface area contributed by atoms with Crippen LogP contribution >= 0.6 is 23.2 Å². The molecule has 0 aromatic heterocycles. The van der Waals surface area contributed by atoms with Crippen LogP contribution in [-0.4, -0.2) is 25.7 Å². The van der Waals surface area contributed by atoms with E-state index >= 15 is 0 Å². The average Bonchev–Trinajstić information content (AvgIpc) is 2.73. The Bertz CT molecular complexity index is 885. The zero-order chi connectivity index (χ0) is 21.8. The highest BCUT2D eigenvalue weighted by Crippen LogP contribution is 2.16. The van der Waals surface area contributed by atoms with Gasteiger partial charge in [0, 0.05) is 36.9 Å². The first-order chi connectivity index (χ1) is 14.5. The van der Waals surface area contributed by atoms with Gasteiger partial charge in [-0.1, -0.05) is 42.3 Å². The molecular formula is C22H25Cl2FN4O. The summed E-state index contributed by atoms with van der Waals surface area (Å²) in [6.45, 7) is 6.75. The molecule has 30 heavy (non-hydrogen) atoms. The van der Waals surface area contributed by atoms with Gasteiger partial charge in [-0.25, -0.2) is 4.39 Å². The van der Waals surface area contributed by atoms with Crippen molar-refractivity contribution in [3.8, 4) is 5.75 Å². The largest absolute Gasteiger partial charge is 0.486 e. The van der Waals surface area contributed by atoms with E-state index in [1.54, 1.807) is 36.4 Å². The van der Waals surface area contributed by atoms with Gasteiger partial charge >= 0.3 is 0 Å². The van der Waals surface area contributed by atoms with Gasteiger partial charge in [0.05, 0.1) is 5.02 Å². The lowest BCUT2D eigenvalue weighted by molar-refractivity contribution is 0.372. The molecule has 160 valence electrons. The third-order valence-corrected chi connectivity index (χ3v) is 4.59. The second kappa shape index (κ2) is 12.9. The number of nitrogens with one attached hydrogen (secondary N) is 2. The van der Waals surface area contributed by atoms with Gasteiger partial charge < -0.3 is 10.1 Å². The molecule has 0 aliphatic carbocycles. The quantitative estimate of drug-likeness (QED) is 0.266. The molecular weight excluding hydrogens is 426 g/mol. The Morgan fingerprint density at radius 1 is 1.20 bits per heavy atom. The Balaban J connectivity index is 1.89. The number of hydrogen-bond donors (Lipinski definition) is 2. The molecule has 5 nitrogen and oxygen atoms in total. The Labute approximate surface area is 186 Å². The van der Waals surface area contributed by atoms with Crippen molar-refractivity contribution in [2.45, 2.75) is 26.3 Å². The summed E-state index contributed by atoms with van der Waals surface area (Å²) < 4.78 is 19.3. The van der Waals surface area contributed by atoms with Gasteiger partial charge in [0.25, 0.3) is 0 Å². The van der Waals surface area contributed by atoms with Crippen LogP contribution in [0.2, 0.25) is 10.0 Å². The molecule has 0 amide bonds. The number of hydrogen-bond acceptors (Lipinski definition) is 4. The van der Waals surface area contributed by atoms with E-state index in [4.69, 9.17) is 27.9 Å². The number of allylic oxidation sites excluding steroid dienone is 1. The monoisotopic (exact) mass is 450 g/mol. The van der Waals surface area contributed by atoms with Crippen LogP contribution in [0.4, 0.5) is 4.39 Å². The maximum absolute atomic E-state index is 13.6. The van der Waals surface area contributed by atoms with Gasteiger partial charge in [-0.15, -0.1) is 0 Å². The Morgan fingerprint density at radius 3 is 2.63 bits per heavy atom. The van der Waals surface area contributed by atoms with Crippen LogP contribution in [0.25, 0.3) is 0 Å². The molecule has 0 aliphatic rings. The zero-order valence-corrected chi connectivity index (χ0v) is 18.3. The van der Waals surface area contributed by atoms with Crippen LogP contribution in [0.5, 0.6) is 5.75 Å². The number of nitrogens with zero attached hydrogens (tertiary/aromatic N) is 2. The van der Waals surface area contributed by atoms with E-state index in [1.807, 2.05) is 0 Å². The maximum Gasteiger partial charge on any atom is 0.155 e. The lowest BCUT2D eigenvalue weighted by atomic mass is 10.2. The maximum atomic E-state index is 13.6. The molecule has 0 radical (unpaired) electrons. The summed E-state index contributed by atoms with van der Waals surface area (Å²) in [6, 6.07) is 11.9. The van der Waals surface area contributed by atoms with Crippen LogP contribution in [0.1, 0.15) is 25.3 Å². The fraction of sp³-hybridized carbons (Fsp3) is 0.273. The van der Waals surface area contributed by atoms with Crippen molar-refractivity contribution in [3.63, 3.8) is 0 Å². The summed E-state index contributed by atoms with van der Waals surface area (Å²) >= 11 is 11.6. The second-order valence-electron chi connectivity index (χ2n) is 6.33. The van der Waals surface area contributed by atoms with E-state index in [2.05, 4.69) is 40.6 Å². The molecule has 0 saturated heterocycles. The summed E-state index contributed by atoms with van der Waals surface area (Å²) in [7, 11) is 0. The van der Waals surface area contributed by atoms with E-state index in [0.29, 0.717) is 36.1 Å². The summed E-state index contributed by atoms with van der Waals surface area (Å²) in [5.41, 5.74) is 4.60. The summed E-state index contributed by atoms with van der Waals surface area (Å²) in [5.74, 6) is 0.826. The van der Waals surface area contributed by atoms with Crippen molar-refractivity contribution < 1.29 is 9.13 Å². The molecule has 2 N–H and O–H groups in total. The number of hydrazone groups is 1. The van der Waals surface area contributed by atoms with Crippen molar-refractivity contribution in [1.29, 1.82) is 0 Å². The van der Waals surface area contributed by atoms with Crippen LogP contribution in [0, 0.1) is 5.82 Å². The molecule has 8 heteroatoms. The highest BCUT2D eigenvalue weighted by Gasteiger charge is 2.04. The molecule has 0 spiro atoms. The van der Waals surface area contributed by atoms with Crippen molar-refractivity contribution >= 4 is 35.8 Å². The Kier molecular flexibility index (Phi) is 10.2. The first-order valence-corrected chi connectivity index (χ1v) is 10.3. The molecule has 2 aromatic rings. The Morgan fingerprint density at radius 2 is 1.97 bits per heavy atom. The minimum absolute atomic E-state index is 0.120. The molecule has 0 bridgehead atoms. The summed E-state index contributed by atoms with van der Waals surface area (Å²) in [6.07, 6.45) is 3.65. The summed E-state index contributed by atoms with van der Waals surface area (Å²) in [5, 5.41) is 7.78. The van der Waals surface area contributed by atoms with Gasteiger partial charge in [-0.05, 0) is 48.4 Å². The zero-order valence-electron chi connectivity index (χ0n) is 16.8. The third kappa shape index (κ3) is 8.43. The fourth-order valence-corrected chi connectivity index (χ4v) is 2.82. The van der Waals surface area contributed by atoms with Crippen LogP contribution in [0.3, 0.4) is 0 Å². The minimum atomic E-state index is -0.421. The lowest BCUT2D eigenvalue weighted by Crippen LogP contribution is -2.25. The van der Waals surface area contributed by atoms with Gasteiger partial charge in [0.1, 0.15) is 18.2 Å². The molecule has 0 atom stereocenters. The predicted octanol–water partition coefficient (Wildman–Crippen LogP) is 5.59. The standard InChI is InChI=1S/C22H25Cl2FN4O/c1-3-4-18(28-14-16-5-10-20(24)21(25)13-16)11-12-27-22(29-26-2)15-30-19-8-6-17(23)7-9-19/h4-10,13,28H,2-3,11-12,14-15H2,1H3,(H,27,29)/b18-4+. The van der Waals surface area contributed by atoms with E-state index in [0.717, 1.165) is 17.7 Å². The van der Waals surface area contributed by atoms with Gasteiger partial charge in [0.15, 0.2) is 5.84 Å². The molecule has 2 aromatic carbocycles. The van der Waals surface area contributed by atoms with Crippen molar-refractivity contribution in [1.82, 2.24) is 10.7 Å². The normalized spacial score (nSPS) is 11.9. The van der Waals surface area contributed by atoms with Crippen molar-refractivity contribution in [2.75, 3.05) is 13.2 Å². The molecule has 0 fully saturated rings. The number of benzene rings is 2. The lowest BCUT2D eigenvalue weighted by Gasteiger charge is -2.12. The molecule has 2 rings (SSSR count). The average molecular weight is 451 g/mol. The van der Waals surface area contributed by atoms with Gasteiger partial charge in [0.2, 0.25) is 0 Å². The second-order valence-corrected chi connectivity index (χ2v) is 7.17. The van der Waals surface area contributed by atoms with Crippen LogP contribution in [-0.2, 0) is 6.54 Å². The van der Waals surface area contributed by atoms with Crippen molar-refractivity contribution in [3.05, 3.63) is 75.7 Å². The molecule has 0 unspecified atom stereocenters. The minimum Gasteiger partial charge on any atom is -0.486 e. The molecule has 0 saturated carbocycles. The Hall–Kier alpha value is -2.57. The molecule has 0 heterocycles. The predicted molar refractivity (Wildman–Crippen MR) is 123 cm³/mol. The van der Waals surface area contributed by atoms with Gasteiger partial charge in [-0.2, -0.15) is 5.10 Å². The smallest absolute Gasteiger partial charge is 0.155 e. The first kappa shape index (κ1) is 23.7. The third-order valence-electron chi connectivity index (χ3n) is 4.04. The SMILES string of the molecule is C=NNC(COc1ccc(Cl)cc1)=NCC/C(=C\CC)NCc1ccc(Cl)c(F)c1. The van der Waals surface area contributed by atoms with Crippen LogP contribution < -0.4 is 15.5 Å². The molecule has 0 aliphatic heterocycles. The van der Waals surface area contributed by atoms with Crippen molar-refractivity contribution in [2.24, 2.45) is 10.1 Å². The van der Waals surface area contributed by atoms with E-state index in [-0.39, 0.29) is 11.6 Å². The number of halogens is 3. The van der Waals surface area contributed by atoms with Gasteiger partial charge in [-0.3, -0.25) is 10.4 Å². The summed E-state index contributed by atoms with van der Waals surface area (Å²) in [4.78, 5) is 4.51. The topological polar surface area (TPSA) is 58.0 Å². The number of aliphatic imine (C=N–C) groups is 1. The van der Waals surface area contributed by atoms with Crippen LogP contribution in [0.15, 0.2) is 64.3 Å². The van der Waals surface area contributed by atoms with E-state index in [9.17, 15) is 4.39 Å². The number of rotatable bonds is 11. The first-order valence-electron chi connectivity index (χ1n) is 9.52. The number of ether oxygens (including phenoxy) is 1. The van der Waals surface area contributed by atoms with E-state index < -0.39 is 5.82 Å². The van der Waals surface area contributed by atoms with E-state index in [1.165, 1.54) is 6.07 Å². The highest BCUT2D eigenvalue weighted by molar-refractivity contribution is 6.30. The highest BCUT2D eigenvalue weighted by atomic mass is 35.5. The number of amidine groups is 1. The fourth-order valence-electron chi connectivity index (χ4n) is 2.57.